The molecular formula is C11H16BrFN4O. The van der Waals surface area contributed by atoms with Crippen molar-refractivity contribution in [2.75, 3.05) is 18.0 Å². The van der Waals surface area contributed by atoms with Gasteiger partial charge in [-0.3, -0.25) is 0 Å². The average molecular weight is 319 g/mol. The third-order valence-corrected chi connectivity index (χ3v) is 3.02. The molecule has 0 saturated carbocycles. The lowest BCUT2D eigenvalue weighted by atomic mass is 10.1. The van der Waals surface area contributed by atoms with Crippen LogP contribution in [0.2, 0.25) is 0 Å². The highest BCUT2D eigenvalue weighted by Gasteiger charge is 2.17. The lowest BCUT2D eigenvalue weighted by molar-refractivity contribution is 0.314. The highest BCUT2D eigenvalue weighted by atomic mass is 79.9. The first-order valence-corrected chi connectivity index (χ1v) is 6.32. The van der Waals surface area contributed by atoms with Gasteiger partial charge in [0.2, 0.25) is 0 Å². The molecule has 1 unspecified atom stereocenters. The minimum absolute atomic E-state index is 0.117. The highest BCUT2D eigenvalue weighted by Crippen LogP contribution is 2.20. The molecule has 7 heteroatoms. The Morgan fingerprint density at radius 2 is 2.39 bits per heavy atom. The van der Waals surface area contributed by atoms with E-state index in [9.17, 15) is 4.39 Å². The lowest BCUT2D eigenvalue weighted by Gasteiger charge is -2.25. The van der Waals surface area contributed by atoms with Crippen LogP contribution in [0.5, 0.6) is 0 Å². The van der Waals surface area contributed by atoms with Crippen LogP contribution in [-0.4, -0.2) is 29.1 Å². The van der Waals surface area contributed by atoms with Crippen LogP contribution in [0, 0.1) is 11.7 Å². The molecule has 0 spiro atoms. The predicted octanol–water partition coefficient (Wildman–Crippen LogP) is 2.19. The molecule has 0 aliphatic heterocycles. The fourth-order valence-electron chi connectivity index (χ4n) is 1.53. The van der Waals surface area contributed by atoms with E-state index in [1.165, 1.54) is 12.3 Å². The van der Waals surface area contributed by atoms with E-state index in [0.717, 1.165) is 0 Å². The van der Waals surface area contributed by atoms with Gasteiger partial charge in [0.15, 0.2) is 11.6 Å². The summed E-state index contributed by atoms with van der Waals surface area (Å²) >= 11 is 3.16. The number of hydrogen-bond acceptors (Lipinski definition) is 4. The van der Waals surface area contributed by atoms with Crippen LogP contribution < -0.4 is 10.6 Å². The number of oxime groups is 1. The third kappa shape index (κ3) is 3.56. The van der Waals surface area contributed by atoms with E-state index in [1.807, 2.05) is 6.92 Å². The van der Waals surface area contributed by atoms with Gasteiger partial charge in [0.05, 0.1) is 0 Å². The summed E-state index contributed by atoms with van der Waals surface area (Å²) in [5.41, 5.74) is 5.51. The van der Waals surface area contributed by atoms with Gasteiger partial charge < -0.3 is 15.8 Å². The number of amidine groups is 1. The van der Waals surface area contributed by atoms with Gasteiger partial charge in [-0.25, -0.2) is 9.37 Å². The third-order valence-electron chi connectivity index (χ3n) is 2.58. The molecule has 0 radical (unpaired) electrons. The molecule has 0 saturated heterocycles. The molecule has 100 valence electrons. The molecule has 18 heavy (non-hydrogen) atoms. The minimum atomic E-state index is -0.405. The first kappa shape index (κ1) is 14.7. The smallest absolute Gasteiger partial charge is 0.166 e. The fraction of sp³-hybridized carbons (Fsp3) is 0.455. The zero-order chi connectivity index (χ0) is 13.7. The molecule has 0 aliphatic carbocycles. The maximum Gasteiger partial charge on any atom is 0.166 e. The van der Waals surface area contributed by atoms with Crippen molar-refractivity contribution in [3.05, 3.63) is 22.6 Å². The van der Waals surface area contributed by atoms with E-state index in [1.54, 1.807) is 11.8 Å². The lowest BCUT2D eigenvalue weighted by Crippen LogP contribution is -2.35. The Labute approximate surface area is 114 Å². The van der Waals surface area contributed by atoms with E-state index in [2.05, 4.69) is 26.1 Å². The number of halogens is 2. The first-order chi connectivity index (χ1) is 8.49. The van der Waals surface area contributed by atoms with E-state index in [0.29, 0.717) is 17.6 Å². The van der Waals surface area contributed by atoms with Gasteiger partial charge in [-0.15, -0.1) is 0 Å². The van der Waals surface area contributed by atoms with Crippen molar-refractivity contribution in [1.29, 1.82) is 0 Å². The largest absolute Gasteiger partial charge is 0.409 e. The summed E-state index contributed by atoms with van der Waals surface area (Å²) in [5.74, 6) is -0.220. The number of nitrogens with zero attached hydrogens (tertiary/aromatic N) is 3. The SMILES string of the molecule is CCN(CC(C)C(N)=NO)c1ncc(Br)cc1F. The summed E-state index contributed by atoms with van der Waals surface area (Å²) in [4.78, 5) is 5.79. The van der Waals surface area contributed by atoms with Gasteiger partial charge >= 0.3 is 0 Å². The molecule has 1 aromatic heterocycles. The molecule has 1 heterocycles. The molecule has 1 aromatic rings. The van der Waals surface area contributed by atoms with Crippen molar-refractivity contribution >= 4 is 27.6 Å². The Balaban J connectivity index is 2.89. The van der Waals surface area contributed by atoms with Gasteiger partial charge in [0.1, 0.15) is 5.84 Å². The monoisotopic (exact) mass is 318 g/mol. The maximum atomic E-state index is 13.8. The summed E-state index contributed by atoms with van der Waals surface area (Å²) < 4.78 is 14.4. The van der Waals surface area contributed by atoms with Crippen LogP contribution in [0.15, 0.2) is 21.9 Å². The van der Waals surface area contributed by atoms with Gasteiger partial charge in [-0.05, 0) is 28.9 Å². The second-order valence-corrected chi connectivity index (χ2v) is 4.84. The van der Waals surface area contributed by atoms with E-state index in [4.69, 9.17) is 10.9 Å². The Hall–Kier alpha value is -1.37. The van der Waals surface area contributed by atoms with Crippen LogP contribution in [0.25, 0.3) is 0 Å². The second kappa shape index (κ2) is 6.53. The molecule has 3 N–H and O–H groups in total. The topological polar surface area (TPSA) is 74.7 Å². The normalized spacial score (nSPS) is 13.4. The number of pyridine rings is 1. The first-order valence-electron chi connectivity index (χ1n) is 5.53. The van der Waals surface area contributed by atoms with Gasteiger partial charge in [0.25, 0.3) is 0 Å². The van der Waals surface area contributed by atoms with Crippen molar-refractivity contribution in [2.24, 2.45) is 16.8 Å². The summed E-state index contributed by atoms with van der Waals surface area (Å²) in [5, 5.41) is 11.6. The van der Waals surface area contributed by atoms with Gasteiger partial charge in [0, 0.05) is 29.7 Å². The predicted molar refractivity (Wildman–Crippen MR) is 72.4 cm³/mol. The zero-order valence-corrected chi connectivity index (χ0v) is 11.9. The quantitative estimate of drug-likeness (QED) is 0.378. The molecule has 0 aromatic carbocycles. The second-order valence-electron chi connectivity index (χ2n) is 3.92. The van der Waals surface area contributed by atoms with Crippen LogP contribution >= 0.6 is 15.9 Å². The minimum Gasteiger partial charge on any atom is -0.409 e. The van der Waals surface area contributed by atoms with E-state index < -0.39 is 5.82 Å². The molecular weight excluding hydrogens is 303 g/mol. The Bertz CT molecular complexity index is 441. The van der Waals surface area contributed by atoms with Crippen molar-refractivity contribution in [3.63, 3.8) is 0 Å². The Morgan fingerprint density at radius 3 is 2.89 bits per heavy atom. The molecule has 0 bridgehead atoms. The van der Waals surface area contributed by atoms with Gasteiger partial charge in [-0.1, -0.05) is 12.1 Å². The number of aromatic nitrogens is 1. The average Bonchev–Trinajstić information content (AvgIpc) is 2.35. The molecule has 0 fully saturated rings. The molecule has 1 rings (SSSR count). The Kier molecular flexibility index (Phi) is 5.33. The van der Waals surface area contributed by atoms with Gasteiger partial charge in [-0.2, -0.15) is 0 Å². The summed E-state index contributed by atoms with van der Waals surface area (Å²) in [6.45, 7) is 4.70. The van der Waals surface area contributed by atoms with Crippen molar-refractivity contribution < 1.29 is 9.60 Å². The van der Waals surface area contributed by atoms with E-state index in [-0.39, 0.29) is 17.6 Å². The highest BCUT2D eigenvalue weighted by molar-refractivity contribution is 9.10. The number of anilines is 1. The summed E-state index contributed by atoms with van der Waals surface area (Å²) in [7, 11) is 0. The molecule has 0 amide bonds. The van der Waals surface area contributed by atoms with Crippen molar-refractivity contribution in [2.45, 2.75) is 13.8 Å². The van der Waals surface area contributed by atoms with Crippen LogP contribution in [0.1, 0.15) is 13.8 Å². The molecule has 0 aliphatic rings. The van der Waals surface area contributed by atoms with Crippen LogP contribution in [-0.2, 0) is 0 Å². The standard InChI is InChI=1S/C11H16BrFN4O/c1-3-17(6-7(2)10(14)16-18)11-9(13)4-8(12)5-15-11/h4-5,7,18H,3,6H2,1-2H3,(H2,14,16). The van der Waals surface area contributed by atoms with E-state index >= 15 is 0 Å². The summed E-state index contributed by atoms with van der Waals surface area (Å²) in [6.07, 6.45) is 1.54. The van der Waals surface area contributed by atoms with Crippen LogP contribution in [0.4, 0.5) is 10.2 Å². The molecule has 5 nitrogen and oxygen atoms in total. The number of hydrogen-bond donors (Lipinski definition) is 2. The van der Waals surface area contributed by atoms with Crippen LogP contribution in [0.3, 0.4) is 0 Å². The Morgan fingerprint density at radius 1 is 1.72 bits per heavy atom. The fourth-order valence-corrected chi connectivity index (χ4v) is 1.83. The van der Waals surface area contributed by atoms with Crippen molar-refractivity contribution in [3.8, 4) is 0 Å². The summed E-state index contributed by atoms with van der Waals surface area (Å²) in [6, 6.07) is 1.36. The zero-order valence-electron chi connectivity index (χ0n) is 10.3. The maximum absolute atomic E-state index is 13.8. The molecule has 1 atom stereocenters. The number of nitrogens with two attached hydrogens (primary N) is 1. The number of rotatable bonds is 5. The van der Waals surface area contributed by atoms with Crippen molar-refractivity contribution in [1.82, 2.24) is 4.98 Å².